The predicted octanol–water partition coefficient (Wildman–Crippen LogP) is 4.66. The van der Waals surface area contributed by atoms with E-state index in [1.165, 1.54) is 16.7 Å². The highest BCUT2D eigenvalue weighted by molar-refractivity contribution is 9.10. The topological polar surface area (TPSA) is 21.3 Å². The van der Waals surface area contributed by atoms with Crippen molar-refractivity contribution in [3.63, 3.8) is 0 Å². The zero-order valence-corrected chi connectivity index (χ0v) is 14.4. The van der Waals surface area contributed by atoms with Crippen molar-refractivity contribution in [3.05, 3.63) is 63.6 Å². The molecule has 21 heavy (non-hydrogen) atoms. The van der Waals surface area contributed by atoms with Crippen LogP contribution in [0.15, 0.2) is 46.9 Å². The lowest BCUT2D eigenvalue weighted by Gasteiger charge is -2.19. The van der Waals surface area contributed by atoms with Crippen LogP contribution in [0.3, 0.4) is 0 Å². The van der Waals surface area contributed by atoms with Crippen LogP contribution in [0, 0.1) is 6.92 Å². The maximum atomic E-state index is 5.21. The molecule has 0 bridgehead atoms. The average molecular weight is 348 g/mol. The van der Waals surface area contributed by atoms with Crippen LogP contribution in [-0.4, -0.2) is 13.7 Å². The number of hydrogen-bond acceptors (Lipinski definition) is 2. The first-order chi connectivity index (χ1) is 10.1. The van der Waals surface area contributed by atoms with E-state index in [1.807, 2.05) is 12.1 Å². The first-order valence-electron chi connectivity index (χ1n) is 7.26. The number of likely N-dealkylation sites (N-methyl/N-ethyl adjacent to an activating group) is 1. The molecule has 1 N–H and O–H groups in total. The van der Waals surface area contributed by atoms with Crippen molar-refractivity contribution in [2.45, 2.75) is 26.3 Å². The van der Waals surface area contributed by atoms with E-state index in [1.54, 1.807) is 7.11 Å². The molecule has 2 nitrogen and oxygen atoms in total. The summed E-state index contributed by atoms with van der Waals surface area (Å²) in [6.45, 7) is 5.23. The zero-order chi connectivity index (χ0) is 15.2. The van der Waals surface area contributed by atoms with Crippen LogP contribution in [0.25, 0.3) is 0 Å². The minimum absolute atomic E-state index is 0.329. The van der Waals surface area contributed by atoms with Crippen LogP contribution in [0.5, 0.6) is 5.75 Å². The molecule has 2 aromatic carbocycles. The quantitative estimate of drug-likeness (QED) is 0.820. The van der Waals surface area contributed by atoms with Crippen LogP contribution < -0.4 is 10.1 Å². The van der Waals surface area contributed by atoms with Gasteiger partial charge in [-0.15, -0.1) is 0 Å². The highest BCUT2D eigenvalue weighted by Crippen LogP contribution is 2.24. The van der Waals surface area contributed by atoms with Gasteiger partial charge in [-0.2, -0.15) is 0 Å². The third-order valence-electron chi connectivity index (χ3n) is 3.63. The molecule has 1 atom stereocenters. The van der Waals surface area contributed by atoms with E-state index < -0.39 is 0 Å². The largest absolute Gasteiger partial charge is 0.497 e. The number of nitrogens with one attached hydrogen (secondary N) is 1. The summed E-state index contributed by atoms with van der Waals surface area (Å²) in [6.07, 6.45) is 0.971. The van der Waals surface area contributed by atoms with Gasteiger partial charge in [-0.25, -0.2) is 0 Å². The lowest BCUT2D eigenvalue weighted by molar-refractivity contribution is 0.414. The fourth-order valence-electron chi connectivity index (χ4n) is 2.44. The molecule has 0 radical (unpaired) electrons. The monoisotopic (exact) mass is 347 g/mol. The number of halogens is 1. The van der Waals surface area contributed by atoms with Crippen molar-refractivity contribution in [1.29, 1.82) is 0 Å². The van der Waals surface area contributed by atoms with E-state index in [4.69, 9.17) is 4.74 Å². The molecule has 0 amide bonds. The molecule has 2 rings (SSSR count). The number of ether oxygens (including phenoxy) is 1. The van der Waals surface area contributed by atoms with Gasteiger partial charge in [0.1, 0.15) is 5.75 Å². The van der Waals surface area contributed by atoms with E-state index in [9.17, 15) is 0 Å². The average Bonchev–Trinajstić information content (AvgIpc) is 2.50. The molecule has 1 unspecified atom stereocenters. The van der Waals surface area contributed by atoms with E-state index in [2.05, 4.69) is 65.4 Å². The summed E-state index contributed by atoms with van der Waals surface area (Å²) in [7, 11) is 1.70. The second-order valence-electron chi connectivity index (χ2n) is 5.17. The summed E-state index contributed by atoms with van der Waals surface area (Å²) < 4.78 is 6.37. The molecule has 0 saturated heterocycles. The molecule has 0 aliphatic heterocycles. The second kappa shape index (κ2) is 7.62. The molecule has 0 saturated carbocycles. The molecule has 112 valence electrons. The predicted molar refractivity (Wildman–Crippen MR) is 92.0 cm³/mol. The van der Waals surface area contributed by atoms with Gasteiger partial charge in [-0.05, 0) is 54.8 Å². The minimum Gasteiger partial charge on any atom is -0.497 e. The summed E-state index contributed by atoms with van der Waals surface area (Å²) >= 11 is 3.57. The van der Waals surface area contributed by atoms with E-state index in [-0.39, 0.29) is 0 Å². The second-order valence-corrected chi connectivity index (χ2v) is 6.03. The van der Waals surface area contributed by atoms with Gasteiger partial charge in [0.2, 0.25) is 0 Å². The van der Waals surface area contributed by atoms with Gasteiger partial charge in [0.15, 0.2) is 0 Å². The summed E-state index contributed by atoms with van der Waals surface area (Å²) in [5.74, 6) is 0.901. The Hall–Kier alpha value is -1.32. The van der Waals surface area contributed by atoms with E-state index in [0.29, 0.717) is 6.04 Å². The van der Waals surface area contributed by atoms with Crippen molar-refractivity contribution in [3.8, 4) is 5.75 Å². The molecule has 0 aliphatic carbocycles. The van der Waals surface area contributed by atoms with Crippen molar-refractivity contribution in [2.24, 2.45) is 0 Å². The van der Waals surface area contributed by atoms with Gasteiger partial charge in [0.25, 0.3) is 0 Å². The van der Waals surface area contributed by atoms with Gasteiger partial charge in [0, 0.05) is 10.5 Å². The van der Waals surface area contributed by atoms with E-state index in [0.717, 1.165) is 23.2 Å². The van der Waals surface area contributed by atoms with Crippen molar-refractivity contribution in [1.82, 2.24) is 5.32 Å². The van der Waals surface area contributed by atoms with Crippen LogP contribution in [-0.2, 0) is 6.42 Å². The lowest BCUT2D eigenvalue weighted by Crippen LogP contribution is -2.23. The third kappa shape index (κ3) is 4.32. The highest BCUT2D eigenvalue weighted by atomic mass is 79.9. The Kier molecular flexibility index (Phi) is 5.83. The first kappa shape index (κ1) is 16.1. The molecule has 0 aromatic heterocycles. The summed E-state index contributed by atoms with van der Waals surface area (Å²) in [5, 5.41) is 3.58. The molecular formula is C18H22BrNO. The maximum absolute atomic E-state index is 5.21. The van der Waals surface area contributed by atoms with Crippen molar-refractivity contribution >= 4 is 15.9 Å². The maximum Gasteiger partial charge on any atom is 0.118 e. The van der Waals surface area contributed by atoms with Crippen molar-refractivity contribution < 1.29 is 4.74 Å². The Morgan fingerprint density at radius 1 is 1.14 bits per heavy atom. The number of methoxy groups -OCH3 is 1. The van der Waals surface area contributed by atoms with Crippen LogP contribution in [0.1, 0.15) is 29.7 Å². The Labute approximate surface area is 135 Å². The molecule has 0 heterocycles. The Morgan fingerprint density at radius 2 is 1.86 bits per heavy atom. The van der Waals surface area contributed by atoms with Crippen LogP contribution >= 0.6 is 15.9 Å². The van der Waals surface area contributed by atoms with Gasteiger partial charge < -0.3 is 10.1 Å². The molecule has 0 spiro atoms. The van der Waals surface area contributed by atoms with E-state index >= 15 is 0 Å². The van der Waals surface area contributed by atoms with Gasteiger partial charge in [0.05, 0.1) is 7.11 Å². The Bertz CT molecular complexity index is 580. The number of rotatable bonds is 6. The lowest BCUT2D eigenvalue weighted by atomic mass is 9.97. The Morgan fingerprint density at radius 3 is 2.43 bits per heavy atom. The molecule has 0 fully saturated rings. The van der Waals surface area contributed by atoms with Gasteiger partial charge in [-0.1, -0.05) is 47.1 Å². The SMILES string of the molecule is CCNC(Cc1ccc(OC)cc1)c1ccc(Br)c(C)c1. The third-order valence-corrected chi connectivity index (χ3v) is 4.52. The van der Waals surface area contributed by atoms with Crippen LogP contribution in [0.4, 0.5) is 0 Å². The highest BCUT2D eigenvalue weighted by Gasteiger charge is 2.12. The fraction of sp³-hybridized carbons (Fsp3) is 0.333. The van der Waals surface area contributed by atoms with Gasteiger partial charge >= 0.3 is 0 Å². The number of benzene rings is 2. The molecular weight excluding hydrogens is 326 g/mol. The normalized spacial score (nSPS) is 12.2. The van der Waals surface area contributed by atoms with Crippen molar-refractivity contribution in [2.75, 3.05) is 13.7 Å². The van der Waals surface area contributed by atoms with Gasteiger partial charge in [-0.3, -0.25) is 0 Å². The number of aryl methyl sites for hydroxylation is 1. The molecule has 2 aromatic rings. The molecule has 0 aliphatic rings. The first-order valence-corrected chi connectivity index (χ1v) is 8.05. The smallest absolute Gasteiger partial charge is 0.118 e. The van der Waals surface area contributed by atoms with Crippen LogP contribution in [0.2, 0.25) is 0 Å². The molecule has 3 heteroatoms. The number of hydrogen-bond donors (Lipinski definition) is 1. The fourth-order valence-corrected chi connectivity index (χ4v) is 2.68. The Balaban J connectivity index is 2.19. The zero-order valence-electron chi connectivity index (χ0n) is 12.8. The summed E-state index contributed by atoms with van der Waals surface area (Å²) in [6, 6.07) is 15.2. The standard InChI is InChI=1S/C18H22BrNO/c1-4-20-18(15-7-10-17(19)13(2)11-15)12-14-5-8-16(21-3)9-6-14/h5-11,18,20H,4,12H2,1-3H3. The summed E-state index contributed by atoms with van der Waals surface area (Å²) in [4.78, 5) is 0. The minimum atomic E-state index is 0.329. The summed E-state index contributed by atoms with van der Waals surface area (Å²) in [5.41, 5.74) is 3.90.